The van der Waals surface area contributed by atoms with Crippen molar-refractivity contribution < 1.29 is 15.0 Å². The highest BCUT2D eigenvalue weighted by atomic mass is 16.4. The number of H-pyrrole nitrogens is 1. The Hall–Kier alpha value is -1.85. The molecule has 0 radical (unpaired) electrons. The molecule has 0 saturated carbocycles. The van der Waals surface area contributed by atoms with Gasteiger partial charge in [-0.1, -0.05) is 18.2 Å². The number of carboxylic acid groups (broad SMARTS) is 1. The fraction of sp³-hybridized carbons (Fsp3) is 0.308. The number of benzene rings is 1. The highest BCUT2D eigenvalue weighted by molar-refractivity contribution is 5.86. The van der Waals surface area contributed by atoms with Gasteiger partial charge < -0.3 is 15.2 Å². The Kier molecular flexibility index (Phi) is 2.57. The van der Waals surface area contributed by atoms with Crippen LogP contribution in [0.25, 0.3) is 10.9 Å². The number of aliphatic hydroxyl groups excluding tert-OH is 1. The van der Waals surface area contributed by atoms with Crippen LogP contribution in [0.5, 0.6) is 0 Å². The lowest BCUT2D eigenvalue weighted by Crippen LogP contribution is -2.45. The number of hydrogen-bond donors (Lipinski definition) is 4. The highest BCUT2D eigenvalue weighted by Gasteiger charge is 2.32. The molecule has 5 heteroatoms. The van der Waals surface area contributed by atoms with E-state index in [0.717, 1.165) is 22.2 Å². The van der Waals surface area contributed by atoms with Gasteiger partial charge in [-0.05, 0) is 11.6 Å². The molecule has 1 aromatic heterocycles. The molecule has 0 amide bonds. The molecule has 5 nitrogen and oxygen atoms in total. The first-order valence-electron chi connectivity index (χ1n) is 5.90. The van der Waals surface area contributed by atoms with Crippen molar-refractivity contribution in [1.29, 1.82) is 0 Å². The van der Waals surface area contributed by atoms with Gasteiger partial charge in [-0.3, -0.25) is 10.1 Å². The maximum Gasteiger partial charge on any atom is 0.321 e. The smallest absolute Gasteiger partial charge is 0.321 e. The summed E-state index contributed by atoms with van der Waals surface area (Å²) in [6.07, 6.45) is 0.436. The Balaban J connectivity index is 2.15. The molecule has 2 aromatic rings. The molecule has 2 atom stereocenters. The Morgan fingerprint density at radius 3 is 2.89 bits per heavy atom. The van der Waals surface area contributed by atoms with E-state index in [1.54, 1.807) is 0 Å². The molecular weight excluding hydrogens is 232 g/mol. The van der Waals surface area contributed by atoms with Crippen LogP contribution >= 0.6 is 0 Å². The molecule has 0 fully saturated rings. The predicted octanol–water partition coefficient (Wildman–Crippen LogP) is 0.800. The molecule has 0 saturated heterocycles. The van der Waals surface area contributed by atoms with Crippen molar-refractivity contribution >= 4 is 16.9 Å². The van der Waals surface area contributed by atoms with E-state index in [0.29, 0.717) is 6.42 Å². The summed E-state index contributed by atoms with van der Waals surface area (Å²) < 4.78 is 0. The van der Waals surface area contributed by atoms with E-state index in [4.69, 9.17) is 5.11 Å². The van der Waals surface area contributed by atoms with Gasteiger partial charge in [0.05, 0.1) is 12.6 Å². The Morgan fingerprint density at radius 1 is 1.39 bits per heavy atom. The second-order valence-electron chi connectivity index (χ2n) is 4.56. The molecule has 1 aliphatic heterocycles. The van der Waals surface area contributed by atoms with Crippen LogP contribution < -0.4 is 5.32 Å². The molecule has 94 valence electrons. The third-order valence-electron chi connectivity index (χ3n) is 3.49. The fourth-order valence-electron chi connectivity index (χ4n) is 2.63. The van der Waals surface area contributed by atoms with Gasteiger partial charge in [-0.2, -0.15) is 0 Å². The van der Waals surface area contributed by atoms with Crippen LogP contribution in [0.3, 0.4) is 0 Å². The minimum absolute atomic E-state index is 0.121. The lowest BCUT2D eigenvalue weighted by molar-refractivity contribution is -0.140. The SMILES string of the molecule is O=C(O)[C@H]1Cc2c([nH]c3ccccc23)[C@@H](CO)N1. The first-order valence-corrected chi connectivity index (χ1v) is 5.90. The van der Waals surface area contributed by atoms with Crippen molar-refractivity contribution in [2.45, 2.75) is 18.5 Å². The molecule has 1 aromatic carbocycles. The molecular formula is C13H14N2O3. The summed E-state index contributed by atoms with van der Waals surface area (Å²) in [5.41, 5.74) is 2.88. The summed E-state index contributed by atoms with van der Waals surface area (Å²) >= 11 is 0. The number of para-hydroxylation sites is 1. The van der Waals surface area contributed by atoms with Crippen molar-refractivity contribution in [2.75, 3.05) is 6.61 Å². The van der Waals surface area contributed by atoms with Crippen LogP contribution in [-0.2, 0) is 11.2 Å². The van der Waals surface area contributed by atoms with Gasteiger partial charge in [-0.15, -0.1) is 0 Å². The number of aliphatic hydroxyl groups is 1. The predicted molar refractivity (Wildman–Crippen MR) is 66.4 cm³/mol. The number of rotatable bonds is 2. The van der Waals surface area contributed by atoms with Crippen LogP contribution in [0.4, 0.5) is 0 Å². The second-order valence-corrected chi connectivity index (χ2v) is 4.56. The average Bonchev–Trinajstić information content (AvgIpc) is 2.76. The summed E-state index contributed by atoms with van der Waals surface area (Å²) in [6.45, 7) is -0.121. The van der Waals surface area contributed by atoms with E-state index < -0.39 is 12.0 Å². The molecule has 0 unspecified atom stereocenters. The van der Waals surface area contributed by atoms with Gasteiger partial charge in [0.15, 0.2) is 0 Å². The molecule has 2 heterocycles. The van der Waals surface area contributed by atoms with E-state index in [1.807, 2.05) is 24.3 Å². The second kappa shape index (κ2) is 4.12. The number of aromatic amines is 1. The van der Waals surface area contributed by atoms with Crippen LogP contribution in [-0.4, -0.2) is 33.8 Å². The Labute approximate surface area is 103 Å². The van der Waals surface area contributed by atoms with Gasteiger partial charge in [0.1, 0.15) is 6.04 Å². The van der Waals surface area contributed by atoms with Crippen LogP contribution in [0, 0.1) is 0 Å². The summed E-state index contributed by atoms with van der Waals surface area (Å²) in [7, 11) is 0. The average molecular weight is 246 g/mol. The van der Waals surface area contributed by atoms with Crippen LogP contribution in [0.1, 0.15) is 17.3 Å². The van der Waals surface area contributed by atoms with Crippen molar-refractivity contribution in [2.24, 2.45) is 0 Å². The molecule has 3 rings (SSSR count). The van der Waals surface area contributed by atoms with Gasteiger partial charge in [0, 0.05) is 23.0 Å². The molecule has 0 bridgehead atoms. The zero-order valence-corrected chi connectivity index (χ0v) is 9.68. The zero-order chi connectivity index (χ0) is 12.7. The summed E-state index contributed by atoms with van der Waals surface area (Å²) in [5, 5.41) is 22.5. The van der Waals surface area contributed by atoms with Crippen molar-refractivity contribution in [3.63, 3.8) is 0 Å². The maximum absolute atomic E-state index is 11.1. The van der Waals surface area contributed by atoms with E-state index >= 15 is 0 Å². The number of hydrogen-bond acceptors (Lipinski definition) is 3. The molecule has 0 aliphatic carbocycles. The van der Waals surface area contributed by atoms with Crippen molar-refractivity contribution in [1.82, 2.24) is 10.3 Å². The lowest BCUT2D eigenvalue weighted by atomic mass is 9.94. The summed E-state index contributed by atoms with van der Waals surface area (Å²) in [5.74, 6) is -0.885. The van der Waals surface area contributed by atoms with Crippen LogP contribution in [0.2, 0.25) is 0 Å². The largest absolute Gasteiger partial charge is 0.480 e. The van der Waals surface area contributed by atoms with Crippen molar-refractivity contribution in [3.05, 3.63) is 35.5 Å². The highest BCUT2D eigenvalue weighted by Crippen LogP contribution is 2.31. The topological polar surface area (TPSA) is 85.3 Å². The first kappa shape index (κ1) is 11.3. The van der Waals surface area contributed by atoms with E-state index in [2.05, 4.69) is 10.3 Å². The van der Waals surface area contributed by atoms with Gasteiger partial charge >= 0.3 is 5.97 Å². The first-order chi connectivity index (χ1) is 8.70. The van der Waals surface area contributed by atoms with E-state index in [9.17, 15) is 9.90 Å². The number of aromatic nitrogens is 1. The van der Waals surface area contributed by atoms with E-state index in [1.165, 1.54) is 0 Å². The Bertz CT molecular complexity index is 605. The molecule has 1 aliphatic rings. The van der Waals surface area contributed by atoms with E-state index in [-0.39, 0.29) is 12.6 Å². The van der Waals surface area contributed by atoms with Gasteiger partial charge in [-0.25, -0.2) is 0 Å². The number of carbonyl (C=O) groups is 1. The quantitative estimate of drug-likeness (QED) is 0.631. The third kappa shape index (κ3) is 1.60. The number of nitrogens with one attached hydrogen (secondary N) is 2. The Morgan fingerprint density at radius 2 is 2.17 bits per heavy atom. The fourth-order valence-corrected chi connectivity index (χ4v) is 2.63. The molecule has 0 spiro atoms. The maximum atomic E-state index is 11.1. The van der Waals surface area contributed by atoms with Gasteiger partial charge in [0.25, 0.3) is 0 Å². The number of aliphatic carboxylic acids is 1. The third-order valence-corrected chi connectivity index (χ3v) is 3.49. The van der Waals surface area contributed by atoms with Gasteiger partial charge in [0.2, 0.25) is 0 Å². The van der Waals surface area contributed by atoms with Crippen LogP contribution in [0.15, 0.2) is 24.3 Å². The molecule has 4 N–H and O–H groups in total. The lowest BCUT2D eigenvalue weighted by Gasteiger charge is -2.27. The number of carboxylic acids is 1. The normalized spacial score (nSPS) is 22.9. The minimum Gasteiger partial charge on any atom is -0.480 e. The standard InChI is InChI=1S/C13H14N2O3/c16-6-11-12-8(5-10(14-11)13(17)18)7-3-1-2-4-9(7)15-12/h1-4,10-11,14-16H,5-6H2,(H,17,18)/t10-,11-/m1/s1. The minimum atomic E-state index is -0.885. The monoisotopic (exact) mass is 246 g/mol. The number of fused-ring (bicyclic) bond motifs is 3. The summed E-state index contributed by atoms with van der Waals surface area (Å²) in [4.78, 5) is 14.4. The summed E-state index contributed by atoms with van der Waals surface area (Å²) in [6, 6.07) is 6.81. The van der Waals surface area contributed by atoms with Crippen molar-refractivity contribution in [3.8, 4) is 0 Å². The zero-order valence-electron chi connectivity index (χ0n) is 9.68. The molecule has 18 heavy (non-hydrogen) atoms.